The number of benzene rings is 1. The van der Waals surface area contributed by atoms with Gasteiger partial charge >= 0.3 is 0 Å². The fraction of sp³-hybridized carbons (Fsp3) is 0.562. The van der Waals surface area contributed by atoms with Crippen molar-refractivity contribution in [2.75, 3.05) is 33.0 Å². The van der Waals surface area contributed by atoms with E-state index in [0.717, 1.165) is 37.2 Å². The molecule has 1 aromatic carbocycles. The molecule has 0 fully saturated rings. The third-order valence-electron chi connectivity index (χ3n) is 2.85. The fourth-order valence-corrected chi connectivity index (χ4v) is 1.77. The van der Waals surface area contributed by atoms with E-state index in [1.54, 1.807) is 0 Å². The zero-order chi connectivity index (χ0) is 15.3. The lowest BCUT2D eigenvalue weighted by Gasteiger charge is -2.08. The van der Waals surface area contributed by atoms with E-state index in [0.29, 0.717) is 31.4 Å². The minimum absolute atomic E-state index is 0.399. The SMILES string of the molecule is CCCCOCCOCCCOc1ccc(C(N)=S)cc1. The molecule has 21 heavy (non-hydrogen) atoms. The van der Waals surface area contributed by atoms with E-state index in [2.05, 4.69) is 6.92 Å². The van der Waals surface area contributed by atoms with E-state index in [1.807, 2.05) is 24.3 Å². The van der Waals surface area contributed by atoms with Crippen molar-refractivity contribution in [3.63, 3.8) is 0 Å². The Balaban J connectivity index is 1.98. The van der Waals surface area contributed by atoms with Gasteiger partial charge in [0, 0.05) is 25.2 Å². The predicted molar refractivity (Wildman–Crippen MR) is 89.0 cm³/mol. The third kappa shape index (κ3) is 8.65. The van der Waals surface area contributed by atoms with Gasteiger partial charge in [0.15, 0.2) is 0 Å². The first-order valence-electron chi connectivity index (χ1n) is 7.42. The van der Waals surface area contributed by atoms with E-state index in [9.17, 15) is 0 Å². The molecule has 0 bridgehead atoms. The summed E-state index contributed by atoms with van der Waals surface area (Å²) in [4.78, 5) is 0.399. The lowest BCUT2D eigenvalue weighted by Crippen LogP contribution is -2.09. The first-order chi connectivity index (χ1) is 10.2. The number of unbranched alkanes of at least 4 members (excludes halogenated alkanes) is 1. The topological polar surface area (TPSA) is 53.7 Å². The molecule has 0 atom stereocenters. The number of nitrogens with two attached hydrogens (primary N) is 1. The van der Waals surface area contributed by atoms with Crippen LogP contribution in [-0.4, -0.2) is 38.0 Å². The first kappa shape index (κ1) is 17.9. The summed E-state index contributed by atoms with van der Waals surface area (Å²) < 4.78 is 16.5. The fourth-order valence-electron chi connectivity index (χ4n) is 1.63. The van der Waals surface area contributed by atoms with Gasteiger partial charge in [0.2, 0.25) is 0 Å². The first-order valence-corrected chi connectivity index (χ1v) is 7.83. The highest BCUT2D eigenvalue weighted by molar-refractivity contribution is 7.80. The second-order valence-electron chi connectivity index (χ2n) is 4.67. The minimum atomic E-state index is 0.399. The van der Waals surface area contributed by atoms with E-state index in [1.165, 1.54) is 0 Å². The van der Waals surface area contributed by atoms with E-state index < -0.39 is 0 Å². The summed E-state index contributed by atoms with van der Waals surface area (Å²) in [5, 5.41) is 0. The lowest BCUT2D eigenvalue weighted by molar-refractivity contribution is 0.0426. The maximum absolute atomic E-state index is 5.61. The van der Waals surface area contributed by atoms with Gasteiger partial charge in [0.05, 0.1) is 19.8 Å². The molecule has 2 N–H and O–H groups in total. The molecule has 0 aliphatic rings. The normalized spacial score (nSPS) is 10.5. The second kappa shape index (κ2) is 11.5. The van der Waals surface area contributed by atoms with Gasteiger partial charge < -0.3 is 19.9 Å². The van der Waals surface area contributed by atoms with Gasteiger partial charge in [0.25, 0.3) is 0 Å². The molecule has 0 spiro atoms. The Morgan fingerprint density at radius 1 is 0.952 bits per heavy atom. The Morgan fingerprint density at radius 2 is 1.57 bits per heavy atom. The van der Waals surface area contributed by atoms with Crippen LogP contribution in [0.25, 0.3) is 0 Å². The van der Waals surface area contributed by atoms with Crippen molar-refractivity contribution in [3.05, 3.63) is 29.8 Å². The van der Waals surface area contributed by atoms with Gasteiger partial charge in [-0.25, -0.2) is 0 Å². The van der Waals surface area contributed by atoms with Crippen LogP contribution < -0.4 is 10.5 Å². The van der Waals surface area contributed by atoms with Crippen molar-refractivity contribution in [3.8, 4) is 5.75 Å². The van der Waals surface area contributed by atoms with Crippen LogP contribution in [-0.2, 0) is 9.47 Å². The maximum Gasteiger partial charge on any atom is 0.119 e. The summed E-state index contributed by atoms with van der Waals surface area (Å²) >= 11 is 4.90. The van der Waals surface area contributed by atoms with Crippen LogP contribution in [0.15, 0.2) is 24.3 Å². The van der Waals surface area contributed by atoms with Crippen LogP contribution in [0.5, 0.6) is 5.75 Å². The molecule has 0 saturated heterocycles. The average molecular weight is 311 g/mol. The highest BCUT2D eigenvalue weighted by Gasteiger charge is 1.98. The largest absolute Gasteiger partial charge is 0.494 e. The Hall–Kier alpha value is -1.17. The summed E-state index contributed by atoms with van der Waals surface area (Å²) in [7, 11) is 0. The predicted octanol–water partition coefficient (Wildman–Crippen LogP) is 2.92. The van der Waals surface area contributed by atoms with Crippen molar-refractivity contribution in [2.24, 2.45) is 5.73 Å². The van der Waals surface area contributed by atoms with Gasteiger partial charge in [-0.1, -0.05) is 25.6 Å². The van der Waals surface area contributed by atoms with Crippen LogP contribution in [0.2, 0.25) is 0 Å². The molecule has 0 unspecified atom stereocenters. The van der Waals surface area contributed by atoms with Crippen molar-refractivity contribution >= 4 is 17.2 Å². The summed E-state index contributed by atoms with van der Waals surface area (Å²) in [6.45, 7) is 5.60. The highest BCUT2D eigenvalue weighted by atomic mass is 32.1. The third-order valence-corrected chi connectivity index (χ3v) is 3.09. The maximum atomic E-state index is 5.61. The summed E-state index contributed by atoms with van der Waals surface area (Å²) in [6.07, 6.45) is 3.13. The number of rotatable bonds is 12. The molecule has 0 radical (unpaired) electrons. The molecule has 0 saturated carbocycles. The van der Waals surface area contributed by atoms with Crippen molar-refractivity contribution in [1.29, 1.82) is 0 Å². The molecule has 1 rings (SSSR count). The van der Waals surface area contributed by atoms with E-state index in [4.69, 9.17) is 32.2 Å². The molecule has 118 valence electrons. The smallest absolute Gasteiger partial charge is 0.119 e. The zero-order valence-corrected chi connectivity index (χ0v) is 13.5. The van der Waals surface area contributed by atoms with Crippen LogP contribution in [0.4, 0.5) is 0 Å². The van der Waals surface area contributed by atoms with E-state index >= 15 is 0 Å². The van der Waals surface area contributed by atoms with Crippen molar-refractivity contribution in [2.45, 2.75) is 26.2 Å². The summed E-state index contributed by atoms with van der Waals surface area (Å²) in [6, 6.07) is 7.47. The molecule has 5 heteroatoms. The molecule has 0 amide bonds. The molecule has 4 nitrogen and oxygen atoms in total. The van der Waals surface area contributed by atoms with Crippen LogP contribution in [0.3, 0.4) is 0 Å². The summed E-state index contributed by atoms with van der Waals surface area (Å²) in [5.74, 6) is 0.817. The van der Waals surface area contributed by atoms with Crippen molar-refractivity contribution in [1.82, 2.24) is 0 Å². The van der Waals surface area contributed by atoms with Gasteiger partial charge in [-0.2, -0.15) is 0 Å². The Morgan fingerprint density at radius 3 is 2.14 bits per heavy atom. The Labute approximate surface area is 132 Å². The molecule has 1 aromatic rings. The van der Waals surface area contributed by atoms with Gasteiger partial charge in [-0.15, -0.1) is 0 Å². The summed E-state index contributed by atoms with van der Waals surface area (Å²) in [5.41, 5.74) is 6.38. The highest BCUT2D eigenvalue weighted by Crippen LogP contribution is 2.12. The Kier molecular flexibility index (Phi) is 9.78. The zero-order valence-electron chi connectivity index (χ0n) is 12.7. The van der Waals surface area contributed by atoms with Crippen LogP contribution in [0, 0.1) is 0 Å². The number of hydrogen-bond acceptors (Lipinski definition) is 4. The van der Waals surface area contributed by atoms with Crippen LogP contribution in [0.1, 0.15) is 31.7 Å². The average Bonchev–Trinajstić information content (AvgIpc) is 2.49. The molecule has 0 heterocycles. The Bertz CT molecular complexity index is 395. The molecular weight excluding hydrogens is 286 g/mol. The van der Waals surface area contributed by atoms with Gasteiger partial charge in [-0.05, 0) is 30.7 Å². The number of thiocarbonyl (C=S) groups is 1. The molecular formula is C16H25NO3S. The monoisotopic (exact) mass is 311 g/mol. The quantitative estimate of drug-likeness (QED) is 0.475. The minimum Gasteiger partial charge on any atom is -0.494 e. The van der Waals surface area contributed by atoms with Crippen molar-refractivity contribution < 1.29 is 14.2 Å². The van der Waals surface area contributed by atoms with Gasteiger partial charge in [-0.3, -0.25) is 0 Å². The van der Waals surface area contributed by atoms with E-state index in [-0.39, 0.29) is 0 Å². The molecule has 0 aliphatic heterocycles. The molecule has 0 aliphatic carbocycles. The second-order valence-corrected chi connectivity index (χ2v) is 5.11. The standard InChI is InChI=1S/C16H25NO3S/c1-2-3-9-18-12-13-19-10-4-11-20-15-7-5-14(6-8-15)16(17)21/h5-8H,2-4,9-13H2,1H3,(H2,17,21). The van der Waals surface area contributed by atoms with Gasteiger partial charge in [0.1, 0.15) is 10.7 Å². The van der Waals surface area contributed by atoms with Crippen LogP contribution >= 0.6 is 12.2 Å². The lowest BCUT2D eigenvalue weighted by atomic mass is 10.2. The molecule has 0 aromatic heterocycles. The number of hydrogen-bond donors (Lipinski definition) is 1. The number of ether oxygens (including phenoxy) is 3.